The van der Waals surface area contributed by atoms with E-state index < -0.39 is 0 Å². The number of amides is 1. The molecule has 1 aromatic carbocycles. The fourth-order valence-electron chi connectivity index (χ4n) is 4.10. The lowest BCUT2D eigenvalue weighted by Crippen LogP contribution is -2.38. The molecule has 4 heterocycles. The highest BCUT2D eigenvalue weighted by molar-refractivity contribution is 5.93. The van der Waals surface area contributed by atoms with Gasteiger partial charge < -0.3 is 4.90 Å². The smallest absolute Gasteiger partial charge is 0.271 e. The van der Waals surface area contributed by atoms with Crippen molar-refractivity contribution in [3.8, 4) is 22.4 Å². The van der Waals surface area contributed by atoms with Gasteiger partial charge in [0, 0.05) is 48.2 Å². The van der Waals surface area contributed by atoms with Crippen molar-refractivity contribution >= 4 is 5.91 Å². The maximum Gasteiger partial charge on any atom is 0.271 e. The Bertz CT molecular complexity index is 1130. The third kappa shape index (κ3) is 3.50. The predicted octanol–water partition coefficient (Wildman–Crippen LogP) is 3.88. The van der Waals surface area contributed by atoms with E-state index in [1.54, 1.807) is 12.4 Å². The highest BCUT2D eigenvalue weighted by atomic mass is 16.2. The standard InChI is InChI=1S/C23H22N6O/c30-23(21-14-20(26-27-21)17-6-10-24-11-7-17)29-12-8-18(9-13-29)22-19(15-25-28-22)16-4-2-1-3-5-16/h1-7,10-11,14-15,18H,8-9,12-13H2,(H,25,28)(H,26,27). The molecule has 7 heteroatoms. The van der Waals surface area contributed by atoms with E-state index in [4.69, 9.17) is 0 Å². The number of piperidine rings is 1. The molecule has 30 heavy (non-hydrogen) atoms. The van der Waals surface area contributed by atoms with Crippen LogP contribution in [0.4, 0.5) is 0 Å². The summed E-state index contributed by atoms with van der Waals surface area (Å²) in [5.41, 5.74) is 5.69. The monoisotopic (exact) mass is 398 g/mol. The lowest BCUT2D eigenvalue weighted by atomic mass is 9.89. The first-order valence-corrected chi connectivity index (χ1v) is 10.1. The van der Waals surface area contributed by atoms with E-state index in [2.05, 4.69) is 37.5 Å². The summed E-state index contributed by atoms with van der Waals surface area (Å²) in [5, 5.41) is 14.7. The van der Waals surface area contributed by atoms with E-state index in [-0.39, 0.29) is 5.91 Å². The molecule has 0 spiro atoms. The van der Waals surface area contributed by atoms with Crippen molar-refractivity contribution in [3.05, 3.63) is 78.5 Å². The summed E-state index contributed by atoms with van der Waals surface area (Å²) < 4.78 is 0. The first-order chi connectivity index (χ1) is 14.8. The number of carbonyl (C=O) groups is 1. The van der Waals surface area contributed by atoms with E-state index in [1.807, 2.05) is 47.5 Å². The van der Waals surface area contributed by atoms with Gasteiger partial charge in [-0.2, -0.15) is 10.2 Å². The zero-order chi connectivity index (χ0) is 20.3. The van der Waals surface area contributed by atoms with Crippen LogP contribution in [0.2, 0.25) is 0 Å². The number of hydrogen-bond acceptors (Lipinski definition) is 4. The molecule has 1 aliphatic heterocycles. The minimum absolute atomic E-state index is 0.00542. The van der Waals surface area contributed by atoms with Crippen molar-refractivity contribution in [3.63, 3.8) is 0 Å². The van der Waals surface area contributed by atoms with E-state index >= 15 is 0 Å². The van der Waals surface area contributed by atoms with Crippen molar-refractivity contribution in [1.29, 1.82) is 0 Å². The molecule has 1 aliphatic rings. The van der Waals surface area contributed by atoms with Gasteiger partial charge in [0.25, 0.3) is 5.91 Å². The Morgan fingerprint density at radius 1 is 0.967 bits per heavy atom. The average molecular weight is 398 g/mol. The summed E-state index contributed by atoms with van der Waals surface area (Å²) in [6, 6.07) is 15.9. The minimum atomic E-state index is -0.00542. The van der Waals surface area contributed by atoms with Gasteiger partial charge in [0.2, 0.25) is 0 Å². The zero-order valence-corrected chi connectivity index (χ0v) is 16.5. The third-order valence-corrected chi connectivity index (χ3v) is 5.73. The van der Waals surface area contributed by atoms with Gasteiger partial charge in [-0.25, -0.2) is 0 Å². The number of carbonyl (C=O) groups excluding carboxylic acids is 1. The molecule has 3 aromatic heterocycles. The summed E-state index contributed by atoms with van der Waals surface area (Å²) in [6.07, 6.45) is 7.14. The number of H-pyrrole nitrogens is 2. The maximum atomic E-state index is 12.9. The van der Waals surface area contributed by atoms with Crippen molar-refractivity contribution in [2.24, 2.45) is 0 Å². The van der Waals surface area contributed by atoms with Gasteiger partial charge in [-0.15, -0.1) is 0 Å². The Balaban J connectivity index is 1.27. The van der Waals surface area contributed by atoms with E-state index in [9.17, 15) is 4.79 Å². The largest absolute Gasteiger partial charge is 0.337 e. The Morgan fingerprint density at radius 3 is 2.50 bits per heavy atom. The topological polar surface area (TPSA) is 90.6 Å². The second-order valence-electron chi connectivity index (χ2n) is 7.53. The molecule has 0 atom stereocenters. The Morgan fingerprint density at radius 2 is 1.73 bits per heavy atom. The van der Waals surface area contributed by atoms with Crippen LogP contribution < -0.4 is 0 Å². The molecule has 0 radical (unpaired) electrons. The summed E-state index contributed by atoms with van der Waals surface area (Å²) in [7, 11) is 0. The molecule has 1 fully saturated rings. The van der Waals surface area contributed by atoms with Gasteiger partial charge >= 0.3 is 0 Å². The highest BCUT2D eigenvalue weighted by Gasteiger charge is 2.28. The number of hydrogen-bond donors (Lipinski definition) is 2. The zero-order valence-electron chi connectivity index (χ0n) is 16.5. The number of aromatic amines is 2. The van der Waals surface area contributed by atoms with Gasteiger partial charge in [-0.05, 0) is 36.6 Å². The maximum absolute atomic E-state index is 12.9. The van der Waals surface area contributed by atoms with E-state index in [1.165, 1.54) is 5.56 Å². The molecule has 0 aliphatic carbocycles. The van der Waals surface area contributed by atoms with Crippen LogP contribution in [0, 0.1) is 0 Å². The Hall–Kier alpha value is -3.74. The van der Waals surface area contributed by atoms with Crippen LogP contribution >= 0.6 is 0 Å². The van der Waals surface area contributed by atoms with Crippen molar-refractivity contribution in [2.45, 2.75) is 18.8 Å². The number of nitrogens with zero attached hydrogens (tertiary/aromatic N) is 4. The SMILES string of the molecule is O=C(c1cc(-c2ccncc2)n[nH]1)N1CCC(c2[nH]ncc2-c2ccccc2)CC1. The molecule has 1 amide bonds. The van der Waals surface area contributed by atoms with E-state index in [0.29, 0.717) is 24.7 Å². The number of nitrogens with one attached hydrogen (secondary N) is 2. The van der Waals surface area contributed by atoms with Crippen LogP contribution in [0.3, 0.4) is 0 Å². The van der Waals surface area contributed by atoms with Crippen LogP contribution in [-0.2, 0) is 0 Å². The van der Waals surface area contributed by atoms with Crippen LogP contribution in [0.5, 0.6) is 0 Å². The van der Waals surface area contributed by atoms with E-state index in [0.717, 1.165) is 35.4 Å². The number of pyridine rings is 1. The number of likely N-dealkylation sites (tertiary alicyclic amines) is 1. The van der Waals surface area contributed by atoms with Gasteiger partial charge in [-0.1, -0.05) is 30.3 Å². The van der Waals surface area contributed by atoms with Crippen LogP contribution in [0.25, 0.3) is 22.4 Å². The molecular weight excluding hydrogens is 376 g/mol. The molecule has 2 N–H and O–H groups in total. The molecular formula is C23H22N6O. The van der Waals surface area contributed by atoms with Crippen molar-refractivity contribution in [2.75, 3.05) is 13.1 Å². The number of aromatic nitrogens is 5. The number of benzene rings is 1. The Kier molecular flexibility index (Phi) is 4.85. The first-order valence-electron chi connectivity index (χ1n) is 10.1. The lowest BCUT2D eigenvalue weighted by molar-refractivity contribution is 0.0706. The summed E-state index contributed by atoms with van der Waals surface area (Å²) in [5.74, 6) is 0.357. The molecule has 0 bridgehead atoms. The number of rotatable bonds is 4. The molecule has 0 unspecified atom stereocenters. The average Bonchev–Trinajstić information content (AvgIpc) is 3.50. The van der Waals surface area contributed by atoms with Crippen LogP contribution in [0.1, 0.15) is 34.9 Å². The normalized spacial score (nSPS) is 14.7. The molecule has 5 rings (SSSR count). The highest BCUT2D eigenvalue weighted by Crippen LogP contribution is 2.34. The third-order valence-electron chi connectivity index (χ3n) is 5.73. The fraction of sp³-hybridized carbons (Fsp3) is 0.217. The molecule has 1 saturated heterocycles. The minimum Gasteiger partial charge on any atom is -0.337 e. The van der Waals surface area contributed by atoms with Crippen LogP contribution in [-0.4, -0.2) is 49.3 Å². The Labute approximate surface area is 174 Å². The molecule has 0 saturated carbocycles. The second-order valence-corrected chi connectivity index (χ2v) is 7.53. The summed E-state index contributed by atoms with van der Waals surface area (Å²) in [4.78, 5) is 18.9. The van der Waals surface area contributed by atoms with Gasteiger partial charge in [-0.3, -0.25) is 20.0 Å². The molecule has 4 aromatic rings. The first kappa shape index (κ1) is 18.3. The second kappa shape index (κ2) is 7.94. The molecule has 150 valence electrons. The summed E-state index contributed by atoms with van der Waals surface area (Å²) >= 11 is 0. The van der Waals surface area contributed by atoms with Crippen LogP contribution in [0.15, 0.2) is 67.1 Å². The van der Waals surface area contributed by atoms with Crippen molar-refractivity contribution in [1.82, 2.24) is 30.3 Å². The van der Waals surface area contributed by atoms with Gasteiger partial charge in [0.05, 0.1) is 11.9 Å². The van der Waals surface area contributed by atoms with Gasteiger partial charge in [0.1, 0.15) is 5.69 Å². The predicted molar refractivity (Wildman–Crippen MR) is 114 cm³/mol. The lowest BCUT2D eigenvalue weighted by Gasteiger charge is -2.31. The van der Waals surface area contributed by atoms with Gasteiger partial charge in [0.15, 0.2) is 0 Å². The quantitative estimate of drug-likeness (QED) is 0.546. The molecule has 7 nitrogen and oxygen atoms in total. The fourth-order valence-corrected chi connectivity index (χ4v) is 4.10. The van der Waals surface area contributed by atoms with Crippen molar-refractivity contribution < 1.29 is 4.79 Å². The summed E-state index contributed by atoms with van der Waals surface area (Å²) in [6.45, 7) is 1.42.